The monoisotopic (exact) mass is 441 g/mol. The van der Waals surface area contributed by atoms with Crippen molar-refractivity contribution in [3.63, 3.8) is 0 Å². The van der Waals surface area contributed by atoms with Gasteiger partial charge < -0.3 is 4.39 Å². The number of rotatable bonds is 3. The van der Waals surface area contributed by atoms with Gasteiger partial charge in [-0.3, -0.25) is 4.98 Å². The summed E-state index contributed by atoms with van der Waals surface area (Å²) in [5.41, 5.74) is 1.74. The first-order valence-electron chi connectivity index (χ1n) is 5.68. The van der Waals surface area contributed by atoms with Gasteiger partial charge in [-0.1, -0.05) is 31.7 Å². The van der Waals surface area contributed by atoms with Gasteiger partial charge in [0.1, 0.15) is 0 Å². The van der Waals surface area contributed by atoms with Crippen molar-refractivity contribution in [2.24, 2.45) is 0 Å². The molecule has 0 aliphatic carbocycles. The van der Waals surface area contributed by atoms with E-state index in [1.54, 1.807) is 0 Å². The molecule has 0 atom stereocenters. The number of thiophene rings is 1. The van der Waals surface area contributed by atoms with Gasteiger partial charge in [0, 0.05) is 42.0 Å². The number of halogens is 1. The maximum Gasteiger partial charge on any atom is 0.0498 e. The quantitative estimate of drug-likeness (QED) is 0.659. The third-order valence-corrected chi connectivity index (χ3v) is 4.04. The van der Waals surface area contributed by atoms with Crippen molar-refractivity contribution in [3.05, 3.63) is 51.7 Å². The zero-order valence-corrected chi connectivity index (χ0v) is 13.8. The minimum absolute atomic E-state index is 0. The molecule has 1 nitrogen and oxygen atoms in total. The molecule has 0 aliphatic rings. The molecule has 2 heterocycles. The standard InChI is InChI=1S/C14H15FNS.Ir/c1-4-10-6-5-7-11(16-10)14(2,3)12-8-9-13(15)17-12;/h5-7,9H,4H2,1-3H3;/q-1;. The predicted octanol–water partition coefficient (Wildman–Crippen LogP) is 3.97. The van der Waals surface area contributed by atoms with Crippen molar-refractivity contribution < 1.29 is 24.5 Å². The second-order valence-electron chi connectivity index (χ2n) is 4.52. The molecular formula is C14H15FIrNS-. The summed E-state index contributed by atoms with van der Waals surface area (Å²) in [7, 11) is 0. The van der Waals surface area contributed by atoms with Crippen molar-refractivity contribution in [1.29, 1.82) is 0 Å². The average molecular weight is 441 g/mol. The first-order chi connectivity index (χ1) is 8.04. The van der Waals surface area contributed by atoms with Crippen molar-refractivity contribution in [2.45, 2.75) is 32.6 Å². The molecule has 0 amide bonds. The Balaban J connectivity index is 0.00000162. The van der Waals surface area contributed by atoms with Gasteiger partial charge in [-0.15, -0.1) is 0 Å². The zero-order chi connectivity index (χ0) is 12.5. The molecule has 1 radical (unpaired) electrons. The Hall–Kier alpha value is -0.571. The smallest absolute Gasteiger partial charge is 0.0498 e. The van der Waals surface area contributed by atoms with Crippen molar-refractivity contribution in [1.82, 2.24) is 4.98 Å². The van der Waals surface area contributed by atoms with Crippen LogP contribution in [0.3, 0.4) is 0 Å². The maximum absolute atomic E-state index is 13.1. The number of pyridine rings is 1. The molecule has 2 rings (SSSR count). The van der Waals surface area contributed by atoms with Crippen LogP contribution < -0.4 is 0 Å². The number of aryl methyl sites for hydroxylation is 1. The summed E-state index contributed by atoms with van der Waals surface area (Å²) >= 11 is 1.14. The van der Waals surface area contributed by atoms with E-state index in [0.29, 0.717) is 0 Å². The summed E-state index contributed by atoms with van der Waals surface area (Å²) in [6.45, 7) is 6.18. The van der Waals surface area contributed by atoms with Crippen LogP contribution in [-0.4, -0.2) is 4.98 Å². The molecule has 4 heteroatoms. The molecule has 0 fully saturated rings. The van der Waals surface area contributed by atoms with Gasteiger partial charge >= 0.3 is 0 Å². The Morgan fingerprint density at radius 1 is 1.39 bits per heavy atom. The number of hydrogen-bond acceptors (Lipinski definition) is 2. The van der Waals surface area contributed by atoms with Crippen molar-refractivity contribution in [3.8, 4) is 0 Å². The molecule has 99 valence electrons. The minimum atomic E-state index is -0.291. The molecule has 0 saturated heterocycles. The van der Waals surface area contributed by atoms with Crippen LogP contribution in [-0.2, 0) is 31.9 Å². The van der Waals surface area contributed by atoms with E-state index in [2.05, 4.69) is 31.8 Å². The predicted molar refractivity (Wildman–Crippen MR) is 68.9 cm³/mol. The molecule has 0 N–H and O–H groups in total. The van der Waals surface area contributed by atoms with Gasteiger partial charge in [0.2, 0.25) is 0 Å². The van der Waals surface area contributed by atoms with Gasteiger partial charge in [0.15, 0.2) is 0 Å². The van der Waals surface area contributed by atoms with Crippen LogP contribution in [0.2, 0.25) is 0 Å². The van der Waals surface area contributed by atoms with Crippen LogP contribution in [0.5, 0.6) is 0 Å². The van der Waals surface area contributed by atoms with Crippen molar-refractivity contribution in [2.75, 3.05) is 0 Å². The van der Waals surface area contributed by atoms with Crippen LogP contribution in [0, 0.1) is 11.2 Å². The Morgan fingerprint density at radius 3 is 2.67 bits per heavy atom. The van der Waals surface area contributed by atoms with E-state index in [-0.39, 0.29) is 30.7 Å². The van der Waals surface area contributed by atoms with E-state index in [1.165, 1.54) is 6.07 Å². The molecule has 2 aromatic heterocycles. The molecule has 0 spiro atoms. The molecule has 18 heavy (non-hydrogen) atoms. The summed E-state index contributed by atoms with van der Waals surface area (Å²) < 4.78 is 13.1. The van der Waals surface area contributed by atoms with Gasteiger partial charge in [-0.25, -0.2) is 17.4 Å². The summed E-state index contributed by atoms with van der Waals surface area (Å²) in [5.74, 6) is 0. The Bertz CT molecular complexity index is 522. The molecule has 0 aromatic carbocycles. The largest absolute Gasteiger partial charge is 0.309 e. The number of nitrogens with zero attached hydrogens (tertiary/aromatic N) is 1. The van der Waals surface area contributed by atoms with Crippen LogP contribution in [0.4, 0.5) is 4.39 Å². The number of aromatic nitrogens is 1. The first-order valence-corrected chi connectivity index (χ1v) is 6.49. The fourth-order valence-corrected chi connectivity index (χ4v) is 2.52. The second-order valence-corrected chi connectivity index (χ2v) is 5.52. The molecule has 0 aliphatic heterocycles. The SMILES string of the molecule is CCc1cccc(C(C)(C)c2[c-]cc(F)s2)n1.[Ir]. The van der Waals surface area contributed by atoms with E-state index in [4.69, 9.17) is 0 Å². The third kappa shape index (κ3) is 3.05. The summed E-state index contributed by atoms with van der Waals surface area (Å²) in [6.07, 6.45) is 0.909. The normalized spacial score (nSPS) is 11.1. The number of hydrogen-bond donors (Lipinski definition) is 0. The Labute approximate surface area is 125 Å². The van der Waals surface area contributed by atoms with E-state index in [1.807, 2.05) is 18.2 Å². The first kappa shape index (κ1) is 15.5. The molecular weight excluding hydrogens is 425 g/mol. The molecule has 0 saturated carbocycles. The second kappa shape index (κ2) is 6.05. The fourth-order valence-electron chi connectivity index (χ4n) is 1.73. The van der Waals surface area contributed by atoms with Crippen LogP contribution in [0.25, 0.3) is 0 Å². The van der Waals surface area contributed by atoms with E-state index < -0.39 is 0 Å². The third-order valence-electron chi connectivity index (χ3n) is 2.89. The minimum Gasteiger partial charge on any atom is -0.309 e. The summed E-state index contributed by atoms with van der Waals surface area (Å²) in [6, 6.07) is 10.4. The van der Waals surface area contributed by atoms with Crippen LogP contribution >= 0.6 is 11.3 Å². The fraction of sp³-hybridized carbons (Fsp3) is 0.357. The average Bonchev–Trinajstić information content (AvgIpc) is 2.76. The van der Waals surface area contributed by atoms with E-state index >= 15 is 0 Å². The maximum atomic E-state index is 13.1. The Kier molecular flexibility index (Phi) is 5.20. The summed E-state index contributed by atoms with van der Waals surface area (Å²) in [5, 5.41) is -0.195. The summed E-state index contributed by atoms with van der Waals surface area (Å²) in [4.78, 5) is 5.50. The van der Waals surface area contributed by atoms with E-state index in [0.717, 1.165) is 34.0 Å². The molecule has 0 bridgehead atoms. The zero-order valence-electron chi connectivity index (χ0n) is 10.6. The Morgan fingerprint density at radius 2 is 2.11 bits per heavy atom. The van der Waals surface area contributed by atoms with Gasteiger partial charge in [-0.05, 0) is 18.6 Å². The van der Waals surface area contributed by atoms with Gasteiger partial charge in [0.25, 0.3) is 0 Å². The van der Waals surface area contributed by atoms with Crippen LogP contribution in [0.15, 0.2) is 24.3 Å². The van der Waals surface area contributed by atoms with Gasteiger partial charge in [0.05, 0.1) is 0 Å². The van der Waals surface area contributed by atoms with E-state index in [9.17, 15) is 4.39 Å². The topological polar surface area (TPSA) is 12.9 Å². The van der Waals surface area contributed by atoms with Gasteiger partial charge in [-0.2, -0.15) is 6.07 Å². The van der Waals surface area contributed by atoms with Crippen molar-refractivity contribution >= 4 is 11.3 Å². The molecule has 2 aromatic rings. The molecule has 0 unspecified atom stereocenters. The van der Waals surface area contributed by atoms with Crippen LogP contribution in [0.1, 0.15) is 37.0 Å².